The molecule has 0 saturated carbocycles. The second-order valence-corrected chi connectivity index (χ2v) is 6.41. The molecule has 4 aliphatic rings. The van der Waals surface area contributed by atoms with E-state index in [1.165, 1.54) is 0 Å². The molecule has 0 aromatic heterocycles. The number of carbonyl (C=O) groups excluding carboxylic acids is 1. The van der Waals surface area contributed by atoms with E-state index in [-0.39, 0.29) is 11.8 Å². The average Bonchev–Trinajstić information content (AvgIpc) is 2.98. The van der Waals surface area contributed by atoms with Crippen LogP contribution >= 0.6 is 0 Å². The van der Waals surface area contributed by atoms with Crippen LogP contribution in [0.4, 0.5) is 0 Å². The van der Waals surface area contributed by atoms with Crippen LogP contribution in [0.5, 0.6) is 5.75 Å². The number of fused-ring (bicyclic) bond motifs is 2. The Morgan fingerprint density at radius 2 is 1.82 bits per heavy atom. The van der Waals surface area contributed by atoms with Crippen LogP contribution in [0.15, 0.2) is 24.3 Å². The Labute approximate surface area is 130 Å². The third kappa shape index (κ3) is 2.52. The summed E-state index contributed by atoms with van der Waals surface area (Å²) in [4.78, 5) is 22.6. The van der Waals surface area contributed by atoms with E-state index in [1.54, 1.807) is 7.11 Å². The molecule has 3 atom stereocenters. The van der Waals surface area contributed by atoms with Gasteiger partial charge in [0, 0.05) is 25.2 Å². The van der Waals surface area contributed by atoms with Gasteiger partial charge in [-0.25, -0.2) is 0 Å². The lowest BCUT2D eigenvalue weighted by Gasteiger charge is -2.30. The van der Waals surface area contributed by atoms with Gasteiger partial charge >= 0.3 is 0 Å². The Morgan fingerprint density at radius 3 is 2.50 bits per heavy atom. The van der Waals surface area contributed by atoms with Crippen molar-refractivity contribution in [1.29, 1.82) is 0 Å². The molecule has 4 aliphatic heterocycles. The van der Waals surface area contributed by atoms with Gasteiger partial charge in [0.15, 0.2) is 5.78 Å². The summed E-state index contributed by atoms with van der Waals surface area (Å²) in [7, 11) is 1.63. The van der Waals surface area contributed by atoms with Gasteiger partial charge in [-0.3, -0.25) is 24.4 Å². The summed E-state index contributed by atoms with van der Waals surface area (Å²) in [6, 6.07) is 7.44. The fourth-order valence-corrected chi connectivity index (χ4v) is 3.71. The highest BCUT2D eigenvalue weighted by molar-refractivity contribution is 6.00. The molecule has 0 amide bonds. The fraction of sp³-hybridized carbons (Fsp3) is 0.562. The van der Waals surface area contributed by atoms with E-state index in [2.05, 4.69) is 19.6 Å². The molecule has 0 aliphatic carbocycles. The zero-order valence-corrected chi connectivity index (χ0v) is 12.9. The lowest BCUT2D eigenvalue weighted by Crippen LogP contribution is -2.47. The van der Waals surface area contributed by atoms with Gasteiger partial charge in [0.05, 0.1) is 39.8 Å². The van der Waals surface area contributed by atoms with Crippen molar-refractivity contribution in [2.45, 2.75) is 6.04 Å². The van der Waals surface area contributed by atoms with Gasteiger partial charge in [-0.1, -0.05) is 12.1 Å². The summed E-state index contributed by atoms with van der Waals surface area (Å²) >= 11 is 0. The topological polar surface area (TPSA) is 39.3 Å². The molecule has 6 nitrogen and oxygen atoms in total. The van der Waals surface area contributed by atoms with Gasteiger partial charge in [0.25, 0.3) is 0 Å². The van der Waals surface area contributed by atoms with Gasteiger partial charge in [0.1, 0.15) is 5.75 Å². The summed E-state index contributed by atoms with van der Waals surface area (Å²) in [5.74, 6) is 0.944. The van der Waals surface area contributed by atoms with E-state index < -0.39 is 0 Å². The molecule has 0 N–H and O–H groups in total. The maximum Gasteiger partial charge on any atom is 0.181 e. The first-order chi connectivity index (χ1) is 10.7. The molecule has 0 spiro atoms. The minimum absolute atomic E-state index is 0.0693. The van der Waals surface area contributed by atoms with Crippen LogP contribution in [-0.4, -0.2) is 84.8 Å². The summed E-state index contributed by atoms with van der Waals surface area (Å²) in [6.45, 7) is 6.69. The zero-order valence-electron chi connectivity index (χ0n) is 12.9. The quantitative estimate of drug-likeness (QED) is 0.749. The molecule has 0 radical (unpaired) electrons. The van der Waals surface area contributed by atoms with Crippen molar-refractivity contribution in [2.75, 3.05) is 53.4 Å². The van der Waals surface area contributed by atoms with Gasteiger partial charge in [0.2, 0.25) is 0 Å². The van der Waals surface area contributed by atoms with Crippen LogP contribution in [0, 0.1) is 0 Å². The number of hydrogen-bond acceptors (Lipinski definition) is 6. The number of nitrogens with zero attached hydrogens (tertiary/aromatic N) is 4. The normalized spacial score (nSPS) is 36.7. The number of hydrogen-bond donors (Lipinski definition) is 0. The Bertz CT molecular complexity index is 563. The van der Waals surface area contributed by atoms with Crippen molar-refractivity contribution < 1.29 is 9.53 Å². The van der Waals surface area contributed by atoms with E-state index in [1.807, 2.05) is 24.3 Å². The smallest absolute Gasteiger partial charge is 0.181 e. The highest BCUT2D eigenvalue weighted by Gasteiger charge is 2.39. The minimum atomic E-state index is -0.0693. The Kier molecular flexibility index (Phi) is 3.62. The molecule has 118 valence electrons. The lowest BCUT2D eigenvalue weighted by atomic mass is 10.0. The Hall–Kier alpha value is -1.47. The largest absolute Gasteiger partial charge is 0.497 e. The average molecular weight is 302 g/mol. The van der Waals surface area contributed by atoms with Gasteiger partial charge < -0.3 is 4.74 Å². The molecule has 22 heavy (non-hydrogen) atoms. The van der Waals surface area contributed by atoms with Crippen LogP contribution in [0.1, 0.15) is 10.4 Å². The van der Waals surface area contributed by atoms with Crippen LogP contribution in [0.2, 0.25) is 0 Å². The molecule has 4 saturated heterocycles. The van der Waals surface area contributed by atoms with Crippen LogP contribution in [-0.2, 0) is 0 Å². The maximum absolute atomic E-state index is 13.0. The van der Waals surface area contributed by atoms with Crippen LogP contribution in [0.3, 0.4) is 0 Å². The number of ether oxygens (including phenoxy) is 1. The maximum atomic E-state index is 13.0. The molecular formula is C16H22N4O2. The molecule has 4 heterocycles. The molecular weight excluding hydrogens is 280 g/mol. The van der Waals surface area contributed by atoms with E-state index in [0.717, 1.165) is 57.6 Å². The lowest BCUT2D eigenvalue weighted by molar-refractivity contribution is 0.0585. The van der Waals surface area contributed by atoms with Crippen LogP contribution < -0.4 is 4.74 Å². The monoisotopic (exact) mass is 302 g/mol. The molecule has 1 aromatic rings. The standard InChI is InChI=1S/C16H22N4O2/c1-22-14-4-2-3-13(7-14)16(21)15-8-19-9-17-5-6-18(10-19)12-20(15)11-17/h2-4,7,15H,5-6,8-12H2,1H3. The number of methoxy groups -OCH3 is 1. The summed E-state index contributed by atoms with van der Waals surface area (Å²) in [5, 5.41) is 0. The number of Topliss-reactive ketones (excluding diaryl/α,β-unsaturated/α-hetero) is 1. The van der Waals surface area contributed by atoms with Crippen molar-refractivity contribution >= 4 is 5.78 Å². The Balaban J connectivity index is 1.63. The summed E-state index contributed by atoms with van der Waals surface area (Å²) < 4.78 is 5.26. The Morgan fingerprint density at radius 1 is 1.09 bits per heavy atom. The van der Waals surface area contributed by atoms with Crippen molar-refractivity contribution in [1.82, 2.24) is 19.6 Å². The van der Waals surface area contributed by atoms with Crippen molar-refractivity contribution in [3.8, 4) is 5.75 Å². The van der Waals surface area contributed by atoms with E-state index >= 15 is 0 Å². The molecule has 4 bridgehead atoms. The first kappa shape index (κ1) is 14.1. The van der Waals surface area contributed by atoms with Crippen molar-refractivity contribution in [3.63, 3.8) is 0 Å². The summed E-state index contributed by atoms with van der Waals surface area (Å²) in [5.41, 5.74) is 0.746. The molecule has 4 fully saturated rings. The number of benzene rings is 1. The van der Waals surface area contributed by atoms with Crippen molar-refractivity contribution in [2.24, 2.45) is 0 Å². The van der Waals surface area contributed by atoms with E-state index in [9.17, 15) is 4.79 Å². The highest BCUT2D eigenvalue weighted by atomic mass is 16.5. The zero-order chi connectivity index (χ0) is 15.1. The first-order valence-electron chi connectivity index (χ1n) is 7.82. The van der Waals surface area contributed by atoms with E-state index in [0.29, 0.717) is 0 Å². The fourth-order valence-electron chi connectivity index (χ4n) is 3.71. The highest BCUT2D eigenvalue weighted by Crippen LogP contribution is 2.23. The van der Waals surface area contributed by atoms with Gasteiger partial charge in [-0.2, -0.15) is 0 Å². The predicted octanol–water partition coefficient (Wildman–Crippen LogP) is 0.325. The SMILES string of the molecule is COc1cccc(C(=O)C2CN3CN4CCN(C3)CN2C4)c1. The third-order valence-corrected chi connectivity index (χ3v) is 4.82. The molecule has 3 unspecified atom stereocenters. The first-order valence-corrected chi connectivity index (χ1v) is 7.82. The second-order valence-electron chi connectivity index (χ2n) is 6.41. The summed E-state index contributed by atoms with van der Waals surface area (Å²) in [6.07, 6.45) is 0. The number of rotatable bonds is 3. The van der Waals surface area contributed by atoms with Crippen LogP contribution in [0.25, 0.3) is 0 Å². The number of ketones is 1. The van der Waals surface area contributed by atoms with Crippen molar-refractivity contribution in [3.05, 3.63) is 29.8 Å². The minimum Gasteiger partial charge on any atom is -0.497 e. The third-order valence-electron chi connectivity index (χ3n) is 4.82. The predicted molar refractivity (Wildman–Crippen MR) is 82.5 cm³/mol. The van der Waals surface area contributed by atoms with E-state index in [4.69, 9.17) is 4.74 Å². The number of carbonyl (C=O) groups is 1. The van der Waals surface area contributed by atoms with Gasteiger partial charge in [-0.15, -0.1) is 0 Å². The molecule has 6 heteroatoms. The van der Waals surface area contributed by atoms with Gasteiger partial charge in [-0.05, 0) is 12.1 Å². The molecule has 1 aromatic carbocycles. The molecule has 5 rings (SSSR count). The second kappa shape index (κ2) is 5.62.